The zero-order valence-corrected chi connectivity index (χ0v) is 16.4. The van der Waals surface area contributed by atoms with Crippen molar-refractivity contribution in [1.82, 2.24) is 24.4 Å². The first kappa shape index (κ1) is 19.2. The van der Waals surface area contributed by atoms with Crippen LogP contribution in [-0.4, -0.2) is 41.6 Å². The average molecular weight is 385 g/mol. The number of nitrogens with one attached hydrogen (secondary N) is 1. The van der Waals surface area contributed by atoms with E-state index in [1.165, 1.54) is 18.4 Å². The summed E-state index contributed by atoms with van der Waals surface area (Å²) in [5, 5.41) is 7.92. The highest BCUT2D eigenvalue weighted by atomic mass is 32.2. The van der Waals surface area contributed by atoms with E-state index in [1.807, 2.05) is 37.5 Å². The average Bonchev–Trinajstić information content (AvgIpc) is 3.03. The van der Waals surface area contributed by atoms with E-state index >= 15 is 0 Å². The van der Waals surface area contributed by atoms with E-state index in [-0.39, 0.29) is 0 Å². The molecule has 1 aromatic carbocycles. The minimum atomic E-state index is -3.39. The molecule has 0 atom stereocenters. The zero-order chi connectivity index (χ0) is 19.4. The van der Waals surface area contributed by atoms with Crippen LogP contribution in [0, 0.1) is 0 Å². The summed E-state index contributed by atoms with van der Waals surface area (Å²) in [6.07, 6.45) is 5.53. The smallest absolute Gasteiger partial charge is 0.242 e. The van der Waals surface area contributed by atoms with Crippen LogP contribution in [0.5, 0.6) is 0 Å². The van der Waals surface area contributed by atoms with Crippen LogP contribution in [-0.2, 0) is 30.2 Å². The summed E-state index contributed by atoms with van der Waals surface area (Å²) in [6, 6.07) is 10.8. The van der Waals surface area contributed by atoms with Gasteiger partial charge in [-0.2, -0.15) is 5.10 Å². The van der Waals surface area contributed by atoms with Crippen LogP contribution in [0.15, 0.2) is 59.9 Å². The molecular weight excluding hydrogens is 362 g/mol. The largest absolute Gasteiger partial charge is 0.308 e. The Balaban J connectivity index is 1.66. The molecule has 0 aliphatic rings. The summed E-state index contributed by atoms with van der Waals surface area (Å²) >= 11 is 0. The number of sulfonamides is 1. The second-order valence-corrected chi connectivity index (χ2v) is 8.61. The van der Waals surface area contributed by atoms with Gasteiger partial charge in [0.2, 0.25) is 10.0 Å². The molecule has 8 heteroatoms. The van der Waals surface area contributed by atoms with Crippen LogP contribution in [0.4, 0.5) is 0 Å². The topological polar surface area (TPSA) is 80.1 Å². The lowest BCUT2D eigenvalue weighted by molar-refractivity contribution is 0.520. The van der Waals surface area contributed by atoms with Crippen LogP contribution >= 0.6 is 0 Å². The Labute approximate surface area is 159 Å². The summed E-state index contributed by atoms with van der Waals surface area (Å²) in [6.45, 7) is 1.28. The fourth-order valence-corrected chi connectivity index (χ4v) is 3.65. The van der Waals surface area contributed by atoms with Gasteiger partial charge >= 0.3 is 0 Å². The fraction of sp³-hybridized carbons (Fsp3) is 0.263. The minimum Gasteiger partial charge on any atom is -0.308 e. The third-order valence-corrected chi connectivity index (χ3v) is 6.02. The molecule has 0 saturated carbocycles. The zero-order valence-electron chi connectivity index (χ0n) is 15.6. The molecule has 1 N–H and O–H groups in total. The maximum Gasteiger partial charge on any atom is 0.242 e. The van der Waals surface area contributed by atoms with E-state index in [1.54, 1.807) is 29.2 Å². The van der Waals surface area contributed by atoms with Gasteiger partial charge in [-0.25, -0.2) is 12.7 Å². The second kappa shape index (κ2) is 7.99. The van der Waals surface area contributed by atoms with Crippen molar-refractivity contribution in [3.05, 3.63) is 66.1 Å². The molecule has 0 saturated heterocycles. The van der Waals surface area contributed by atoms with Gasteiger partial charge in [-0.15, -0.1) is 0 Å². The van der Waals surface area contributed by atoms with Crippen molar-refractivity contribution in [2.45, 2.75) is 18.0 Å². The molecule has 0 fully saturated rings. The minimum absolute atomic E-state index is 0.294. The Morgan fingerprint density at radius 3 is 2.48 bits per heavy atom. The van der Waals surface area contributed by atoms with E-state index in [0.29, 0.717) is 18.0 Å². The molecule has 3 rings (SSSR count). The van der Waals surface area contributed by atoms with Gasteiger partial charge < -0.3 is 5.32 Å². The fourth-order valence-electron chi connectivity index (χ4n) is 2.74. The lowest BCUT2D eigenvalue weighted by Gasteiger charge is -2.12. The number of benzene rings is 1. The van der Waals surface area contributed by atoms with Crippen molar-refractivity contribution in [1.29, 1.82) is 0 Å². The Morgan fingerprint density at radius 2 is 1.85 bits per heavy atom. The van der Waals surface area contributed by atoms with Gasteiger partial charge in [0.05, 0.1) is 10.6 Å². The summed E-state index contributed by atoms with van der Waals surface area (Å²) in [7, 11) is 1.55. The number of rotatable bonds is 7. The van der Waals surface area contributed by atoms with Crippen molar-refractivity contribution < 1.29 is 8.42 Å². The first-order chi connectivity index (χ1) is 12.9. The highest BCUT2D eigenvalue weighted by Crippen LogP contribution is 2.21. The summed E-state index contributed by atoms with van der Waals surface area (Å²) in [5.41, 5.74) is 3.98. The van der Waals surface area contributed by atoms with E-state index in [0.717, 1.165) is 22.4 Å². The van der Waals surface area contributed by atoms with Gasteiger partial charge in [-0.3, -0.25) is 9.67 Å². The SMILES string of the molecule is CN(C)S(=O)(=O)c1ccc(CNCc2cn(C)nc2-c2cccnc2)cc1. The Hall–Kier alpha value is -2.55. The number of pyridine rings is 1. The molecule has 0 radical (unpaired) electrons. The third-order valence-electron chi connectivity index (χ3n) is 4.19. The molecule has 0 aliphatic carbocycles. The first-order valence-electron chi connectivity index (χ1n) is 8.53. The number of hydrogen-bond acceptors (Lipinski definition) is 5. The lowest BCUT2D eigenvalue weighted by Crippen LogP contribution is -2.22. The maximum absolute atomic E-state index is 12.1. The normalized spacial score (nSPS) is 11.9. The van der Waals surface area contributed by atoms with E-state index in [9.17, 15) is 8.42 Å². The maximum atomic E-state index is 12.1. The molecule has 0 unspecified atom stereocenters. The Kier molecular flexibility index (Phi) is 5.69. The van der Waals surface area contributed by atoms with Gasteiger partial charge in [0.25, 0.3) is 0 Å². The van der Waals surface area contributed by atoms with Crippen LogP contribution in [0.25, 0.3) is 11.3 Å². The van der Waals surface area contributed by atoms with E-state index < -0.39 is 10.0 Å². The molecule has 2 aromatic heterocycles. The van der Waals surface area contributed by atoms with Crippen molar-refractivity contribution >= 4 is 10.0 Å². The van der Waals surface area contributed by atoms with Gasteiger partial charge in [0.15, 0.2) is 0 Å². The third kappa shape index (κ3) is 4.41. The molecule has 0 spiro atoms. The van der Waals surface area contributed by atoms with E-state index in [2.05, 4.69) is 15.4 Å². The van der Waals surface area contributed by atoms with Crippen molar-refractivity contribution in [3.63, 3.8) is 0 Å². The molecule has 3 aromatic rings. The van der Waals surface area contributed by atoms with Crippen molar-refractivity contribution in [2.24, 2.45) is 7.05 Å². The first-order valence-corrected chi connectivity index (χ1v) is 9.97. The van der Waals surface area contributed by atoms with Gasteiger partial charge in [-0.05, 0) is 29.8 Å². The Bertz CT molecular complexity index is 996. The van der Waals surface area contributed by atoms with Crippen LogP contribution in [0.3, 0.4) is 0 Å². The van der Waals surface area contributed by atoms with Gasteiger partial charge in [0.1, 0.15) is 0 Å². The van der Waals surface area contributed by atoms with Crippen molar-refractivity contribution in [2.75, 3.05) is 14.1 Å². The molecule has 0 aliphatic heterocycles. The predicted molar refractivity (Wildman–Crippen MR) is 104 cm³/mol. The monoisotopic (exact) mass is 385 g/mol. The van der Waals surface area contributed by atoms with Crippen LogP contribution < -0.4 is 5.32 Å². The van der Waals surface area contributed by atoms with Crippen molar-refractivity contribution in [3.8, 4) is 11.3 Å². The predicted octanol–water partition coefficient (Wildman–Crippen LogP) is 2.02. The highest BCUT2D eigenvalue weighted by Gasteiger charge is 2.16. The Morgan fingerprint density at radius 1 is 1.11 bits per heavy atom. The molecule has 27 heavy (non-hydrogen) atoms. The second-order valence-electron chi connectivity index (χ2n) is 6.45. The molecule has 7 nitrogen and oxygen atoms in total. The number of nitrogens with zero attached hydrogens (tertiary/aromatic N) is 4. The molecule has 142 valence electrons. The quantitative estimate of drug-likeness (QED) is 0.673. The number of aromatic nitrogens is 3. The molecular formula is C19H23N5O2S. The number of aryl methyl sites for hydroxylation is 1. The van der Waals surface area contributed by atoms with E-state index in [4.69, 9.17) is 0 Å². The standard InChI is InChI=1S/C19H23N5O2S/c1-23(2)27(25,26)18-8-6-15(7-9-18)11-21-13-17-14-24(3)22-19(17)16-5-4-10-20-12-16/h4-10,12,14,21H,11,13H2,1-3H3. The summed E-state index contributed by atoms with van der Waals surface area (Å²) < 4.78 is 27.2. The lowest BCUT2D eigenvalue weighted by atomic mass is 10.1. The van der Waals surface area contributed by atoms with Crippen LogP contribution in [0.1, 0.15) is 11.1 Å². The molecule has 2 heterocycles. The van der Waals surface area contributed by atoms with Crippen LogP contribution in [0.2, 0.25) is 0 Å². The summed E-state index contributed by atoms with van der Waals surface area (Å²) in [5.74, 6) is 0. The molecule has 0 bridgehead atoms. The number of hydrogen-bond donors (Lipinski definition) is 1. The molecule has 0 amide bonds. The summed E-state index contributed by atoms with van der Waals surface area (Å²) in [4.78, 5) is 4.45. The van der Waals surface area contributed by atoms with Gasteiger partial charge in [-0.1, -0.05) is 12.1 Å². The highest BCUT2D eigenvalue weighted by molar-refractivity contribution is 7.89. The van der Waals surface area contributed by atoms with Gasteiger partial charge in [0, 0.05) is 63.9 Å².